The van der Waals surface area contributed by atoms with Crippen molar-refractivity contribution in [2.45, 2.75) is 6.92 Å². The lowest BCUT2D eigenvalue weighted by atomic mass is 10.7. The molecule has 0 aromatic carbocycles. The Labute approximate surface area is 45.2 Å². The zero-order valence-electron chi connectivity index (χ0n) is 4.85. The van der Waals surface area contributed by atoms with Crippen LogP contribution >= 0.6 is 0 Å². The summed E-state index contributed by atoms with van der Waals surface area (Å²) in [6.45, 7) is 6.59. The van der Waals surface area contributed by atoms with E-state index >= 15 is 0 Å². The highest BCUT2D eigenvalue weighted by Crippen LogP contribution is 1.40. The molecule has 4 N–H and O–H groups in total. The molecule has 0 aliphatic rings. The maximum absolute atomic E-state index is 4.91. The van der Waals surface area contributed by atoms with Crippen LogP contribution in [0.3, 0.4) is 0 Å². The predicted molar refractivity (Wildman–Crippen MR) is 34.0 cm³/mol. The molecule has 0 rings (SSSR count). The van der Waals surface area contributed by atoms with Crippen LogP contribution < -0.4 is 11.5 Å². The molecule has 0 amide bonds. The molecule has 0 aromatic rings. The summed E-state index contributed by atoms with van der Waals surface area (Å²) in [6.07, 6.45) is 1.65. The summed E-state index contributed by atoms with van der Waals surface area (Å²) in [5.41, 5.74) is 9.76. The van der Waals surface area contributed by atoms with Crippen molar-refractivity contribution in [3.8, 4) is 0 Å². The summed E-state index contributed by atoms with van der Waals surface area (Å²) in [5.74, 6) is 0. The molecule has 0 aliphatic carbocycles. The van der Waals surface area contributed by atoms with E-state index in [4.69, 9.17) is 11.5 Å². The molecule has 44 valence electrons. The largest absolute Gasteiger partial charge is 0.331 e. The second-order valence-electron chi connectivity index (χ2n) is 0.933. The Kier molecular flexibility index (Phi) is 24.4. The van der Waals surface area contributed by atoms with Gasteiger partial charge < -0.3 is 11.5 Å². The Hall–Kier alpha value is -0.340. The zero-order chi connectivity index (χ0) is 6.12. The van der Waals surface area contributed by atoms with E-state index in [9.17, 15) is 0 Å². The molecule has 0 heterocycles. The minimum atomic E-state index is 0.583. The van der Waals surface area contributed by atoms with Crippen molar-refractivity contribution in [2.24, 2.45) is 11.5 Å². The Morgan fingerprint density at radius 2 is 1.71 bits per heavy atom. The Morgan fingerprint density at radius 1 is 1.57 bits per heavy atom. The fourth-order valence-electron chi connectivity index (χ4n) is 0. The van der Waals surface area contributed by atoms with Gasteiger partial charge in [-0.3, -0.25) is 0 Å². The lowest BCUT2D eigenvalue weighted by molar-refractivity contribution is 1.14. The van der Waals surface area contributed by atoms with E-state index in [0.717, 1.165) is 6.54 Å². The van der Waals surface area contributed by atoms with Crippen molar-refractivity contribution >= 4 is 0 Å². The third-order valence-electron chi connectivity index (χ3n) is 0.167. The monoisotopic (exact) mass is 102 g/mol. The van der Waals surface area contributed by atoms with Gasteiger partial charge in [-0.2, -0.15) is 0 Å². The highest BCUT2D eigenvalue weighted by atomic mass is 14.5. The van der Waals surface area contributed by atoms with Crippen LogP contribution in [0, 0.1) is 0 Å². The van der Waals surface area contributed by atoms with E-state index < -0.39 is 0 Å². The maximum Gasteiger partial charge on any atom is 0.0104 e. The minimum absolute atomic E-state index is 0.583. The van der Waals surface area contributed by atoms with E-state index in [-0.39, 0.29) is 0 Å². The van der Waals surface area contributed by atoms with Gasteiger partial charge in [0.25, 0.3) is 0 Å². The topological polar surface area (TPSA) is 52.0 Å². The molecule has 2 heteroatoms. The summed E-state index contributed by atoms with van der Waals surface area (Å²) < 4.78 is 0. The molecule has 0 bridgehead atoms. The van der Waals surface area contributed by atoms with Crippen molar-refractivity contribution < 1.29 is 0 Å². The van der Waals surface area contributed by atoms with Gasteiger partial charge in [-0.15, -0.1) is 6.58 Å². The first-order valence-corrected chi connectivity index (χ1v) is 2.34. The molecule has 0 atom stereocenters. The van der Waals surface area contributed by atoms with Crippen LogP contribution in [0.5, 0.6) is 0 Å². The van der Waals surface area contributed by atoms with Crippen LogP contribution in [0.25, 0.3) is 0 Å². The van der Waals surface area contributed by atoms with Gasteiger partial charge in [-0.1, -0.05) is 13.0 Å². The van der Waals surface area contributed by atoms with E-state index in [1.807, 2.05) is 6.92 Å². The first-order valence-electron chi connectivity index (χ1n) is 2.34. The van der Waals surface area contributed by atoms with Gasteiger partial charge in [0.1, 0.15) is 0 Å². The second kappa shape index (κ2) is 17.4. The van der Waals surface area contributed by atoms with E-state index in [2.05, 4.69) is 6.58 Å². The SMILES string of the molecule is C=CCN.CCN. The maximum atomic E-state index is 4.91. The lowest BCUT2D eigenvalue weighted by Crippen LogP contribution is -1.90. The normalized spacial score (nSPS) is 6.14. The summed E-state index contributed by atoms with van der Waals surface area (Å²) >= 11 is 0. The third kappa shape index (κ3) is 174. The predicted octanol–water partition coefficient (Wildman–Crippen LogP) is 0.0961. The molecule has 0 fully saturated rings. The quantitative estimate of drug-likeness (QED) is 0.461. The minimum Gasteiger partial charge on any atom is -0.331 e. The van der Waals surface area contributed by atoms with Crippen molar-refractivity contribution in [3.05, 3.63) is 12.7 Å². The van der Waals surface area contributed by atoms with Crippen LogP contribution in [0.2, 0.25) is 0 Å². The van der Waals surface area contributed by atoms with E-state index in [0.29, 0.717) is 6.54 Å². The molecule has 0 radical (unpaired) electrons. The lowest BCUT2D eigenvalue weighted by Gasteiger charge is -1.61. The fourth-order valence-corrected chi connectivity index (χ4v) is 0. The molecule has 0 aromatic heterocycles. The molecule has 0 saturated heterocycles. The van der Waals surface area contributed by atoms with Crippen molar-refractivity contribution in [1.29, 1.82) is 0 Å². The molecule has 0 aliphatic heterocycles. The molecule has 0 saturated carbocycles. The Bertz CT molecular complexity index is 27.3. The first-order chi connectivity index (χ1) is 3.33. The second-order valence-corrected chi connectivity index (χ2v) is 0.933. The number of nitrogens with two attached hydrogens (primary N) is 2. The van der Waals surface area contributed by atoms with Gasteiger partial charge in [-0.05, 0) is 6.54 Å². The van der Waals surface area contributed by atoms with Crippen LogP contribution in [0.4, 0.5) is 0 Å². The van der Waals surface area contributed by atoms with Gasteiger partial charge in [0, 0.05) is 6.54 Å². The van der Waals surface area contributed by atoms with Gasteiger partial charge in [0.05, 0.1) is 0 Å². The van der Waals surface area contributed by atoms with Gasteiger partial charge in [0.2, 0.25) is 0 Å². The van der Waals surface area contributed by atoms with Crippen LogP contribution in [0.1, 0.15) is 6.92 Å². The molecule has 0 unspecified atom stereocenters. The number of hydrogen-bond donors (Lipinski definition) is 2. The molecular weight excluding hydrogens is 88.1 g/mol. The fraction of sp³-hybridized carbons (Fsp3) is 0.600. The average Bonchev–Trinajstić information content (AvgIpc) is 1.69. The van der Waals surface area contributed by atoms with Crippen molar-refractivity contribution in [2.75, 3.05) is 13.1 Å². The van der Waals surface area contributed by atoms with Crippen LogP contribution in [0.15, 0.2) is 12.7 Å². The molecular formula is C5H14N2. The average molecular weight is 102 g/mol. The summed E-state index contributed by atoms with van der Waals surface area (Å²) in [4.78, 5) is 0. The highest BCUT2D eigenvalue weighted by Gasteiger charge is 1.43. The number of rotatable bonds is 1. The number of hydrogen-bond acceptors (Lipinski definition) is 2. The van der Waals surface area contributed by atoms with Gasteiger partial charge >= 0.3 is 0 Å². The van der Waals surface area contributed by atoms with Crippen molar-refractivity contribution in [3.63, 3.8) is 0 Å². The smallest absolute Gasteiger partial charge is 0.0104 e. The van der Waals surface area contributed by atoms with Gasteiger partial charge in [-0.25, -0.2) is 0 Å². The standard InChI is InChI=1S/C3H7N.C2H7N/c1-2-3-4;1-2-3/h2H,1,3-4H2;2-3H2,1H3. The summed E-state index contributed by atoms with van der Waals surface area (Å²) in [7, 11) is 0. The van der Waals surface area contributed by atoms with E-state index in [1.54, 1.807) is 6.08 Å². The third-order valence-corrected chi connectivity index (χ3v) is 0.167. The highest BCUT2D eigenvalue weighted by molar-refractivity contribution is 4.64. The molecule has 0 spiro atoms. The summed E-state index contributed by atoms with van der Waals surface area (Å²) in [5, 5.41) is 0. The van der Waals surface area contributed by atoms with Crippen LogP contribution in [-0.2, 0) is 0 Å². The zero-order valence-corrected chi connectivity index (χ0v) is 4.85. The van der Waals surface area contributed by atoms with Gasteiger partial charge in [0.15, 0.2) is 0 Å². The van der Waals surface area contributed by atoms with E-state index in [1.165, 1.54) is 0 Å². The van der Waals surface area contributed by atoms with Crippen LogP contribution in [-0.4, -0.2) is 13.1 Å². The molecule has 2 nitrogen and oxygen atoms in total. The summed E-state index contributed by atoms with van der Waals surface area (Å²) in [6, 6.07) is 0. The first kappa shape index (κ1) is 9.83. The van der Waals surface area contributed by atoms with Crippen molar-refractivity contribution in [1.82, 2.24) is 0 Å². The molecule has 7 heavy (non-hydrogen) atoms. The Morgan fingerprint density at radius 3 is 1.71 bits per heavy atom. The Balaban J connectivity index is 0.